The Labute approximate surface area is 123 Å². The fraction of sp³-hybridized carbons (Fsp3) is 0.308. The van der Waals surface area contributed by atoms with Crippen LogP contribution < -0.4 is 16.2 Å². The summed E-state index contributed by atoms with van der Waals surface area (Å²) in [6.45, 7) is 4.39. The molecule has 0 aliphatic carbocycles. The summed E-state index contributed by atoms with van der Waals surface area (Å²) in [5.41, 5.74) is 8.65. The smallest absolute Gasteiger partial charge is 0.185 e. The van der Waals surface area contributed by atoms with Gasteiger partial charge in [0.2, 0.25) is 0 Å². The molecule has 1 unspecified atom stereocenters. The number of rotatable bonds is 3. The second kappa shape index (κ2) is 6.44. The van der Waals surface area contributed by atoms with E-state index < -0.39 is 6.17 Å². The lowest BCUT2D eigenvalue weighted by atomic mass is 10.2. The van der Waals surface area contributed by atoms with Crippen LogP contribution in [0.5, 0.6) is 0 Å². The molecule has 1 aromatic rings. The Bertz CT molecular complexity index is 545. The van der Waals surface area contributed by atoms with Crippen LogP contribution in [0.3, 0.4) is 0 Å². The summed E-state index contributed by atoms with van der Waals surface area (Å²) in [6.07, 6.45) is 0.245. The van der Waals surface area contributed by atoms with Crippen molar-refractivity contribution in [2.75, 3.05) is 11.9 Å². The first-order valence-electron chi connectivity index (χ1n) is 6.24. The highest BCUT2D eigenvalue weighted by Gasteiger charge is 2.22. The summed E-state index contributed by atoms with van der Waals surface area (Å²) >= 11 is 5.27. The van der Waals surface area contributed by atoms with Crippen LogP contribution in [-0.2, 0) is 4.79 Å². The van der Waals surface area contributed by atoms with Crippen LogP contribution in [0.25, 0.3) is 0 Å². The quantitative estimate of drug-likeness (QED) is 0.570. The highest BCUT2D eigenvalue weighted by atomic mass is 32.1. The van der Waals surface area contributed by atoms with Gasteiger partial charge in [-0.05, 0) is 37.7 Å². The average molecular weight is 291 g/mol. The zero-order valence-corrected chi connectivity index (χ0v) is 12.2. The molecule has 106 valence electrons. The summed E-state index contributed by atoms with van der Waals surface area (Å²) in [6, 6.07) is 7.85. The zero-order chi connectivity index (χ0) is 14.5. The van der Waals surface area contributed by atoms with Crippen molar-refractivity contribution in [2.45, 2.75) is 20.0 Å². The Balaban J connectivity index is 1.99. The highest BCUT2D eigenvalue weighted by molar-refractivity contribution is 7.80. The molecule has 0 spiro atoms. The Morgan fingerprint density at radius 1 is 1.50 bits per heavy atom. The number of carbonyl (C=O) groups excluding carboxylic acids is 1. The van der Waals surface area contributed by atoms with Crippen molar-refractivity contribution in [1.82, 2.24) is 15.9 Å². The van der Waals surface area contributed by atoms with Crippen molar-refractivity contribution in [1.29, 1.82) is 0 Å². The van der Waals surface area contributed by atoms with Crippen LogP contribution in [0.15, 0.2) is 29.4 Å². The van der Waals surface area contributed by atoms with E-state index in [4.69, 9.17) is 12.2 Å². The lowest BCUT2D eigenvalue weighted by molar-refractivity contribution is -0.114. The number of aryl methyl sites for hydroxylation is 1. The zero-order valence-electron chi connectivity index (χ0n) is 11.4. The van der Waals surface area contributed by atoms with Gasteiger partial charge in [0.1, 0.15) is 0 Å². The van der Waals surface area contributed by atoms with Gasteiger partial charge < -0.3 is 5.32 Å². The fourth-order valence-corrected chi connectivity index (χ4v) is 2.06. The minimum absolute atomic E-state index is 0.433. The summed E-state index contributed by atoms with van der Waals surface area (Å²) in [5, 5.41) is 9.27. The monoisotopic (exact) mass is 291 g/mol. The summed E-state index contributed by atoms with van der Waals surface area (Å²) in [5.74, 6) is 0. The number of anilines is 1. The molecule has 1 aromatic carbocycles. The maximum absolute atomic E-state index is 11.0. The summed E-state index contributed by atoms with van der Waals surface area (Å²) < 4.78 is 0. The standard InChI is InChI=1S/C13H17N5OS/c1-9-5-3-4-6-11(9)14-13(20)17-18-7-10(2)15-16-12(18)8-19/h3-6,8,12,16H,7H2,1-2H3,(H2,14,17,20). The van der Waals surface area contributed by atoms with Crippen molar-refractivity contribution in [3.8, 4) is 0 Å². The van der Waals surface area contributed by atoms with Crippen LogP contribution in [0.2, 0.25) is 0 Å². The molecule has 1 aliphatic heterocycles. The third-order valence-corrected chi connectivity index (χ3v) is 3.08. The number of hydrazone groups is 1. The molecule has 0 saturated heterocycles. The summed E-state index contributed by atoms with van der Waals surface area (Å²) in [4.78, 5) is 11.0. The Kier molecular flexibility index (Phi) is 4.65. The molecule has 0 amide bonds. The van der Waals surface area contributed by atoms with Crippen molar-refractivity contribution in [3.63, 3.8) is 0 Å². The van der Waals surface area contributed by atoms with Gasteiger partial charge in [-0.3, -0.25) is 15.6 Å². The molecule has 3 N–H and O–H groups in total. The van der Waals surface area contributed by atoms with Crippen LogP contribution in [-0.4, -0.2) is 34.8 Å². The maximum atomic E-state index is 11.0. The third-order valence-electron chi connectivity index (χ3n) is 2.89. The molecule has 0 bridgehead atoms. The van der Waals surface area contributed by atoms with E-state index in [1.54, 1.807) is 5.01 Å². The molecule has 0 radical (unpaired) electrons. The minimum Gasteiger partial charge on any atom is -0.331 e. The van der Waals surface area contributed by atoms with Crippen molar-refractivity contribution < 1.29 is 4.79 Å². The van der Waals surface area contributed by atoms with Crippen LogP contribution >= 0.6 is 12.2 Å². The predicted molar refractivity (Wildman–Crippen MR) is 83.3 cm³/mol. The molecule has 6 nitrogen and oxygen atoms in total. The number of hydrazine groups is 1. The van der Waals surface area contributed by atoms with Crippen molar-refractivity contribution >= 4 is 35.0 Å². The lowest BCUT2D eigenvalue weighted by Crippen LogP contribution is -2.59. The van der Waals surface area contributed by atoms with Gasteiger partial charge in [-0.15, -0.1) is 0 Å². The molecule has 0 fully saturated rings. The van der Waals surface area contributed by atoms with E-state index in [2.05, 4.69) is 21.3 Å². The van der Waals surface area contributed by atoms with Crippen molar-refractivity contribution in [2.24, 2.45) is 5.10 Å². The first kappa shape index (κ1) is 14.4. The van der Waals surface area contributed by atoms with E-state index in [1.165, 1.54) is 0 Å². The molecule has 7 heteroatoms. The highest BCUT2D eigenvalue weighted by Crippen LogP contribution is 2.12. The van der Waals surface area contributed by atoms with Gasteiger partial charge in [0.05, 0.1) is 12.3 Å². The summed E-state index contributed by atoms with van der Waals surface area (Å²) in [7, 11) is 0. The van der Waals surface area contributed by atoms with E-state index in [0.717, 1.165) is 23.2 Å². The lowest BCUT2D eigenvalue weighted by Gasteiger charge is -2.32. The van der Waals surface area contributed by atoms with E-state index in [0.29, 0.717) is 11.7 Å². The molecule has 2 rings (SSSR count). The SMILES string of the molecule is CC1=NNC(C=O)N(NC(=S)Nc2ccccc2C)C1. The van der Waals surface area contributed by atoms with E-state index in [9.17, 15) is 4.79 Å². The van der Waals surface area contributed by atoms with Crippen molar-refractivity contribution in [3.05, 3.63) is 29.8 Å². The maximum Gasteiger partial charge on any atom is 0.185 e. The number of nitrogens with zero attached hydrogens (tertiary/aromatic N) is 2. The third kappa shape index (κ3) is 3.52. The first-order valence-corrected chi connectivity index (χ1v) is 6.65. The van der Waals surface area contributed by atoms with Gasteiger partial charge in [-0.2, -0.15) is 10.1 Å². The molecule has 0 aromatic heterocycles. The number of nitrogens with one attached hydrogen (secondary N) is 3. The largest absolute Gasteiger partial charge is 0.331 e. The number of carbonyl (C=O) groups is 1. The minimum atomic E-state index is -0.532. The molecule has 20 heavy (non-hydrogen) atoms. The van der Waals surface area contributed by atoms with E-state index in [-0.39, 0.29) is 0 Å². The molecule has 1 aliphatic rings. The molecule has 1 heterocycles. The average Bonchev–Trinajstić information content (AvgIpc) is 2.41. The number of hydrogen-bond donors (Lipinski definition) is 3. The van der Waals surface area contributed by atoms with Gasteiger partial charge in [0.25, 0.3) is 0 Å². The first-order chi connectivity index (χ1) is 9.60. The van der Waals surface area contributed by atoms with E-state index >= 15 is 0 Å². The number of para-hydroxylation sites is 1. The topological polar surface area (TPSA) is 68.8 Å². The van der Waals surface area contributed by atoms with Gasteiger partial charge in [0.15, 0.2) is 17.6 Å². The molecular formula is C13H17N5OS. The number of benzene rings is 1. The second-order valence-electron chi connectivity index (χ2n) is 4.57. The fourth-order valence-electron chi connectivity index (χ4n) is 1.83. The van der Waals surface area contributed by atoms with Gasteiger partial charge in [-0.25, -0.2) is 0 Å². The van der Waals surface area contributed by atoms with Gasteiger partial charge >= 0.3 is 0 Å². The van der Waals surface area contributed by atoms with Crippen LogP contribution in [0, 0.1) is 6.92 Å². The number of aldehydes is 1. The van der Waals surface area contributed by atoms with Crippen LogP contribution in [0.4, 0.5) is 5.69 Å². The number of hydrogen-bond acceptors (Lipinski definition) is 5. The molecular weight excluding hydrogens is 274 g/mol. The van der Waals surface area contributed by atoms with Gasteiger partial charge in [-0.1, -0.05) is 18.2 Å². The Hall–Kier alpha value is -1.99. The Morgan fingerprint density at radius 3 is 2.95 bits per heavy atom. The van der Waals surface area contributed by atoms with Crippen LogP contribution in [0.1, 0.15) is 12.5 Å². The second-order valence-corrected chi connectivity index (χ2v) is 4.97. The molecule has 0 saturated carbocycles. The molecule has 1 atom stereocenters. The number of thiocarbonyl (C=S) groups is 1. The predicted octanol–water partition coefficient (Wildman–Crippen LogP) is 1.00. The van der Waals surface area contributed by atoms with E-state index in [1.807, 2.05) is 38.1 Å². The van der Waals surface area contributed by atoms with Gasteiger partial charge in [0, 0.05) is 5.69 Å². The normalized spacial score (nSPS) is 18.7. The Morgan fingerprint density at radius 2 is 2.25 bits per heavy atom.